The van der Waals surface area contributed by atoms with Crippen molar-refractivity contribution in [3.8, 4) is 0 Å². The van der Waals surface area contributed by atoms with E-state index in [1.54, 1.807) is 11.2 Å². The van der Waals surface area contributed by atoms with Gasteiger partial charge in [0.2, 0.25) is 10.0 Å². The summed E-state index contributed by atoms with van der Waals surface area (Å²) in [6, 6.07) is 5.96. The van der Waals surface area contributed by atoms with Crippen LogP contribution in [0.2, 0.25) is 0 Å². The summed E-state index contributed by atoms with van der Waals surface area (Å²) < 4.78 is 31.8. The maximum absolute atomic E-state index is 12.7. The highest BCUT2D eigenvalue weighted by Crippen LogP contribution is 2.26. The monoisotopic (exact) mass is 325 g/mol. The van der Waals surface area contributed by atoms with E-state index in [9.17, 15) is 13.2 Å². The predicted octanol–water partition coefficient (Wildman–Crippen LogP) is 2.53. The lowest BCUT2D eigenvalue weighted by Gasteiger charge is -2.34. The van der Waals surface area contributed by atoms with Crippen LogP contribution in [0.15, 0.2) is 29.2 Å². The molecular weight excluding hydrogens is 302 g/mol. The van der Waals surface area contributed by atoms with Gasteiger partial charge in [-0.1, -0.05) is 13.8 Å². The smallest absolute Gasteiger partial charge is 0.338 e. The van der Waals surface area contributed by atoms with Crippen molar-refractivity contribution in [3.63, 3.8) is 0 Å². The van der Waals surface area contributed by atoms with Crippen molar-refractivity contribution in [2.45, 2.75) is 32.1 Å². The number of hydrogen-bond acceptors (Lipinski definition) is 4. The van der Waals surface area contributed by atoms with Gasteiger partial charge in [-0.2, -0.15) is 4.31 Å². The van der Waals surface area contributed by atoms with Crippen molar-refractivity contribution < 1.29 is 17.9 Å². The van der Waals surface area contributed by atoms with Crippen LogP contribution in [-0.2, 0) is 14.8 Å². The second-order valence-corrected chi connectivity index (χ2v) is 7.95. The predicted molar refractivity (Wildman–Crippen MR) is 84.1 cm³/mol. The van der Waals surface area contributed by atoms with Crippen LogP contribution in [-0.4, -0.2) is 38.4 Å². The first kappa shape index (κ1) is 17.0. The second-order valence-electron chi connectivity index (χ2n) is 6.01. The summed E-state index contributed by atoms with van der Waals surface area (Å²) in [5, 5.41) is 0. The lowest BCUT2D eigenvalue weighted by molar-refractivity contribution is 0.0526. The van der Waals surface area contributed by atoms with E-state index in [1.165, 1.54) is 24.3 Å². The van der Waals surface area contributed by atoms with Gasteiger partial charge in [-0.15, -0.1) is 0 Å². The lowest BCUT2D eigenvalue weighted by atomic mass is 9.94. The summed E-state index contributed by atoms with van der Waals surface area (Å²) in [4.78, 5) is 11.8. The molecule has 1 aliphatic heterocycles. The van der Waals surface area contributed by atoms with Crippen LogP contribution in [0.4, 0.5) is 0 Å². The fraction of sp³-hybridized carbons (Fsp3) is 0.562. The molecule has 0 N–H and O–H groups in total. The molecule has 2 atom stereocenters. The number of ether oxygens (including phenoxy) is 1. The summed E-state index contributed by atoms with van der Waals surface area (Å²) in [5.74, 6) is 0.279. The molecule has 1 aromatic carbocycles. The molecule has 1 aliphatic rings. The summed E-state index contributed by atoms with van der Waals surface area (Å²) in [5.41, 5.74) is 0.362. The fourth-order valence-corrected chi connectivity index (χ4v) is 4.61. The Bertz CT molecular complexity index is 614. The van der Waals surface area contributed by atoms with Gasteiger partial charge in [-0.3, -0.25) is 0 Å². The number of carbonyl (C=O) groups excluding carboxylic acids is 1. The molecule has 6 heteroatoms. The normalized spacial score (nSPS) is 23.2. The average Bonchev–Trinajstić information content (AvgIpc) is 2.46. The number of carbonyl (C=O) groups is 1. The molecule has 0 unspecified atom stereocenters. The largest absolute Gasteiger partial charge is 0.462 e. The van der Waals surface area contributed by atoms with Gasteiger partial charge in [0.25, 0.3) is 0 Å². The maximum atomic E-state index is 12.7. The molecule has 122 valence electrons. The van der Waals surface area contributed by atoms with Gasteiger partial charge >= 0.3 is 5.97 Å². The van der Waals surface area contributed by atoms with Crippen LogP contribution in [0.1, 0.15) is 37.6 Å². The highest BCUT2D eigenvalue weighted by molar-refractivity contribution is 7.89. The molecule has 0 amide bonds. The minimum absolute atomic E-state index is 0.224. The topological polar surface area (TPSA) is 63.7 Å². The number of rotatable bonds is 4. The van der Waals surface area contributed by atoms with E-state index in [-0.39, 0.29) is 4.90 Å². The number of hydrogen-bond donors (Lipinski definition) is 0. The molecular formula is C16H23NO4S. The number of esters is 1. The van der Waals surface area contributed by atoms with Crippen LogP contribution < -0.4 is 0 Å². The molecule has 1 fully saturated rings. The van der Waals surface area contributed by atoms with Crippen LogP contribution >= 0.6 is 0 Å². The third kappa shape index (κ3) is 3.67. The van der Waals surface area contributed by atoms with Crippen molar-refractivity contribution in [2.24, 2.45) is 11.8 Å². The molecule has 1 saturated heterocycles. The molecule has 0 saturated carbocycles. The fourth-order valence-electron chi connectivity index (χ4n) is 2.93. The van der Waals surface area contributed by atoms with E-state index in [2.05, 4.69) is 13.8 Å². The van der Waals surface area contributed by atoms with Crippen molar-refractivity contribution in [2.75, 3.05) is 19.7 Å². The van der Waals surface area contributed by atoms with Gasteiger partial charge in [0.1, 0.15) is 0 Å². The SMILES string of the molecule is CCOC(=O)c1ccc(S(=O)(=O)N2C[C@H](C)C[C@@H](C)C2)cc1. The van der Waals surface area contributed by atoms with Crippen LogP contribution in [0.25, 0.3) is 0 Å². The summed E-state index contributed by atoms with van der Waals surface area (Å²) >= 11 is 0. The molecule has 0 radical (unpaired) electrons. The zero-order chi connectivity index (χ0) is 16.3. The van der Waals surface area contributed by atoms with Gasteiger partial charge < -0.3 is 4.74 Å². The first-order valence-electron chi connectivity index (χ1n) is 7.62. The minimum Gasteiger partial charge on any atom is -0.462 e. The zero-order valence-electron chi connectivity index (χ0n) is 13.3. The van der Waals surface area contributed by atoms with Crippen LogP contribution in [0.3, 0.4) is 0 Å². The van der Waals surface area contributed by atoms with Gasteiger partial charge in [0, 0.05) is 13.1 Å². The number of sulfonamides is 1. The minimum atomic E-state index is -3.50. The third-order valence-electron chi connectivity index (χ3n) is 3.84. The molecule has 2 rings (SSSR count). The molecule has 5 nitrogen and oxygen atoms in total. The van der Waals surface area contributed by atoms with Gasteiger partial charge in [-0.05, 0) is 49.4 Å². The number of piperidine rings is 1. The molecule has 1 aromatic rings. The highest BCUT2D eigenvalue weighted by Gasteiger charge is 2.31. The van der Waals surface area contributed by atoms with E-state index in [0.717, 1.165) is 6.42 Å². The maximum Gasteiger partial charge on any atom is 0.338 e. The van der Waals surface area contributed by atoms with Crippen molar-refractivity contribution in [3.05, 3.63) is 29.8 Å². The zero-order valence-corrected chi connectivity index (χ0v) is 14.1. The van der Waals surface area contributed by atoms with E-state index < -0.39 is 16.0 Å². The van der Waals surface area contributed by atoms with Crippen molar-refractivity contribution >= 4 is 16.0 Å². The Balaban J connectivity index is 2.21. The Morgan fingerprint density at radius 1 is 1.18 bits per heavy atom. The molecule has 0 aliphatic carbocycles. The Kier molecular flexibility index (Phi) is 5.24. The molecule has 0 aromatic heterocycles. The Morgan fingerprint density at radius 3 is 2.23 bits per heavy atom. The third-order valence-corrected chi connectivity index (χ3v) is 5.68. The summed E-state index contributed by atoms with van der Waals surface area (Å²) in [7, 11) is -3.50. The first-order chi connectivity index (χ1) is 10.3. The quantitative estimate of drug-likeness (QED) is 0.798. The van der Waals surface area contributed by atoms with Crippen LogP contribution in [0.5, 0.6) is 0 Å². The first-order valence-corrected chi connectivity index (χ1v) is 9.06. The number of benzene rings is 1. The van der Waals surface area contributed by atoms with E-state index in [1.807, 2.05) is 0 Å². The Morgan fingerprint density at radius 2 is 1.73 bits per heavy atom. The number of nitrogens with zero attached hydrogens (tertiary/aromatic N) is 1. The second kappa shape index (κ2) is 6.79. The van der Waals surface area contributed by atoms with E-state index in [0.29, 0.717) is 37.1 Å². The molecule has 0 bridgehead atoms. The van der Waals surface area contributed by atoms with E-state index in [4.69, 9.17) is 4.74 Å². The van der Waals surface area contributed by atoms with Crippen LogP contribution in [0, 0.1) is 11.8 Å². The summed E-state index contributed by atoms with van der Waals surface area (Å²) in [6.45, 7) is 7.26. The highest BCUT2D eigenvalue weighted by atomic mass is 32.2. The molecule has 1 heterocycles. The Hall–Kier alpha value is -1.40. The van der Waals surface area contributed by atoms with Crippen molar-refractivity contribution in [1.82, 2.24) is 4.31 Å². The molecule has 22 heavy (non-hydrogen) atoms. The molecule has 0 spiro atoms. The Labute approximate surface area is 132 Å². The standard InChI is InChI=1S/C16H23NO4S/c1-4-21-16(18)14-5-7-15(8-6-14)22(19,20)17-10-12(2)9-13(3)11-17/h5-8,12-13H,4,9-11H2,1-3H3/t12-,13-/m1/s1. The van der Waals surface area contributed by atoms with Crippen molar-refractivity contribution in [1.29, 1.82) is 0 Å². The average molecular weight is 325 g/mol. The van der Waals surface area contributed by atoms with Gasteiger partial charge in [-0.25, -0.2) is 13.2 Å². The summed E-state index contributed by atoms with van der Waals surface area (Å²) in [6.07, 6.45) is 1.05. The van der Waals surface area contributed by atoms with Gasteiger partial charge in [0.15, 0.2) is 0 Å². The lowest BCUT2D eigenvalue weighted by Crippen LogP contribution is -2.42. The van der Waals surface area contributed by atoms with E-state index >= 15 is 0 Å². The van der Waals surface area contributed by atoms with Gasteiger partial charge in [0.05, 0.1) is 17.1 Å².